The average Bonchev–Trinajstić information content (AvgIpc) is 2.98. The minimum absolute atomic E-state index is 0.0547. The van der Waals surface area contributed by atoms with Crippen molar-refractivity contribution in [3.63, 3.8) is 0 Å². The Hall–Kier alpha value is -2.11. The zero-order chi connectivity index (χ0) is 16.4. The highest BCUT2D eigenvalue weighted by Crippen LogP contribution is 2.40. The van der Waals surface area contributed by atoms with Crippen LogP contribution in [0.25, 0.3) is 0 Å². The van der Waals surface area contributed by atoms with Crippen LogP contribution in [0.15, 0.2) is 23.5 Å². The summed E-state index contributed by atoms with van der Waals surface area (Å²) in [6.45, 7) is 8.30. The van der Waals surface area contributed by atoms with Gasteiger partial charge in [-0.3, -0.25) is 9.59 Å². The fraction of sp³-hybridized carbons (Fsp3) is 0.588. The number of rotatable bonds is 3. The molecule has 2 aliphatic rings. The van der Waals surface area contributed by atoms with Crippen molar-refractivity contribution < 1.29 is 14.0 Å². The number of hydrogen-bond donors (Lipinski definition) is 0. The molecule has 6 heteroatoms. The van der Waals surface area contributed by atoms with Gasteiger partial charge in [-0.15, -0.1) is 6.58 Å². The Balaban J connectivity index is 1.64. The molecule has 1 aromatic rings. The maximum atomic E-state index is 12.5. The molecule has 2 fully saturated rings. The van der Waals surface area contributed by atoms with Gasteiger partial charge in [0.25, 0.3) is 5.91 Å². The zero-order valence-electron chi connectivity index (χ0n) is 13.6. The minimum atomic E-state index is -0.0547. The van der Waals surface area contributed by atoms with Crippen LogP contribution in [0.2, 0.25) is 0 Å². The molecule has 0 aliphatic carbocycles. The molecule has 0 atom stereocenters. The summed E-state index contributed by atoms with van der Waals surface area (Å²) >= 11 is 0. The van der Waals surface area contributed by atoms with E-state index < -0.39 is 0 Å². The molecule has 0 N–H and O–H groups in total. The summed E-state index contributed by atoms with van der Waals surface area (Å²) < 4.78 is 5.13. The number of amides is 2. The number of aryl methyl sites for hydroxylation is 1. The molecule has 1 spiro atoms. The summed E-state index contributed by atoms with van der Waals surface area (Å²) in [5.41, 5.74) is 0.556. The Labute approximate surface area is 136 Å². The largest absolute Gasteiger partial charge is 0.448 e. The standard InChI is InChI=1S/C17H23N3O3/c1-3-8-20-11-17(5-4-14(20)21)6-9-19(10-7-17)16(22)15-13(2)23-12-18-15/h3,12H,1,4-11H2,2H3. The summed E-state index contributed by atoms with van der Waals surface area (Å²) in [5, 5.41) is 0. The van der Waals surface area contributed by atoms with E-state index in [9.17, 15) is 9.59 Å². The lowest BCUT2D eigenvalue weighted by molar-refractivity contribution is -0.138. The summed E-state index contributed by atoms with van der Waals surface area (Å²) in [7, 11) is 0. The normalized spacial score (nSPS) is 20.8. The third-order valence-electron chi connectivity index (χ3n) is 5.16. The van der Waals surface area contributed by atoms with Crippen LogP contribution in [0.4, 0.5) is 0 Å². The van der Waals surface area contributed by atoms with Gasteiger partial charge in [0, 0.05) is 32.6 Å². The fourth-order valence-corrected chi connectivity index (χ4v) is 3.68. The second-order valence-corrected chi connectivity index (χ2v) is 6.61. The first-order valence-electron chi connectivity index (χ1n) is 8.13. The molecule has 0 aromatic carbocycles. The smallest absolute Gasteiger partial charge is 0.276 e. The van der Waals surface area contributed by atoms with Gasteiger partial charge in [0.05, 0.1) is 0 Å². The number of nitrogens with zero attached hydrogens (tertiary/aromatic N) is 3. The van der Waals surface area contributed by atoms with Gasteiger partial charge in [0.2, 0.25) is 5.91 Å². The highest BCUT2D eigenvalue weighted by atomic mass is 16.3. The van der Waals surface area contributed by atoms with Crippen LogP contribution in [0.5, 0.6) is 0 Å². The van der Waals surface area contributed by atoms with E-state index in [1.54, 1.807) is 13.0 Å². The van der Waals surface area contributed by atoms with Gasteiger partial charge in [-0.25, -0.2) is 4.98 Å². The molecule has 0 unspecified atom stereocenters. The predicted octanol–water partition coefficient (Wildman–Crippen LogP) is 2.01. The molecule has 0 saturated carbocycles. The molecule has 6 nitrogen and oxygen atoms in total. The quantitative estimate of drug-likeness (QED) is 0.800. The van der Waals surface area contributed by atoms with E-state index in [2.05, 4.69) is 11.6 Å². The second kappa shape index (κ2) is 6.18. The molecule has 2 saturated heterocycles. The highest BCUT2D eigenvalue weighted by molar-refractivity contribution is 5.93. The van der Waals surface area contributed by atoms with E-state index in [0.29, 0.717) is 37.5 Å². The van der Waals surface area contributed by atoms with Crippen LogP contribution >= 0.6 is 0 Å². The number of likely N-dealkylation sites (tertiary alicyclic amines) is 2. The zero-order valence-corrected chi connectivity index (χ0v) is 13.6. The van der Waals surface area contributed by atoms with Crippen molar-refractivity contribution in [2.75, 3.05) is 26.2 Å². The molecule has 1 aromatic heterocycles. The van der Waals surface area contributed by atoms with Crippen molar-refractivity contribution in [2.24, 2.45) is 5.41 Å². The molecule has 3 heterocycles. The van der Waals surface area contributed by atoms with Gasteiger partial charge in [-0.05, 0) is 31.6 Å². The fourth-order valence-electron chi connectivity index (χ4n) is 3.68. The highest BCUT2D eigenvalue weighted by Gasteiger charge is 2.41. The van der Waals surface area contributed by atoms with Gasteiger partial charge in [0.15, 0.2) is 12.1 Å². The molecular formula is C17H23N3O3. The van der Waals surface area contributed by atoms with Crippen LogP contribution in [-0.2, 0) is 4.79 Å². The monoisotopic (exact) mass is 317 g/mol. The van der Waals surface area contributed by atoms with E-state index in [4.69, 9.17) is 4.42 Å². The van der Waals surface area contributed by atoms with Crippen molar-refractivity contribution >= 4 is 11.8 Å². The molecular weight excluding hydrogens is 294 g/mol. The first kappa shape index (κ1) is 15.8. The lowest BCUT2D eigenvalue weighted by Gasteiger charge is -2.47. The van der Waals surface area contributed by atoms with E-state index >= 15 is 0 Å². The summed E-state index contributed by atoms with van der Waals surface area (Å²) in [6, 6.07) is 0. The first-order chi connectivity index (χ1) is 11.0. The molecule has 23 heavy (non-hydrogen) atoms. The lowest BCUT2D eigenvalue weighted by Crippen LogP contribution is -2.52. The van der Waals surface area contributed by atoms with E-state index in [-0.39, 0.29) is 17.2 Å². The van der Waals surface area contributed by atoms with E-state index in [0.717, 1.165) is 25.8 Å². The van der Waals surface area contributed by atoms with Crippen LogP contribution < -0.4 is 0 Å². The predicted molar refractivity (Wildman–Crippen MR) is 84.8 cm³/mol. The Morgan fingerprint density at radius 3 is 2.78 bits per heavy atom. The molecule has 0 bridgehead atoms. The average molecular weight is 317 g/mol. The molecule has 2 amide bonds. The third kappa shape index (κ3) is 3.02. The van der Waals surface area contributed by atoms with Gasteiger partial charge in [0.1, 0.15) is 5.76 Å². The summed E-state index contributed by atoms with van der Waals surface area (Å²) in [6.07, 6.45) is 6.47. The Bertz CT molecular complexity index is 614. The Kier molecular flexibility index (Phi) is 4.24. The Morgan fingerprint density at radius 1 is 1.43 bits per heavy atom. The molecule has 124 valence electrons. The minimum Gasteiger partial charge on any atom is -0.448 e. The SMILES string of the molecule is C=CCN1CC2(CCC1=O)CCN(C(=O)c1ncoc1C)CC2. The number of carbonyl (C=O) groups excluding carboxylic acids is 2. The van der Waals surface area contributed by atoms with E-state index in [1.165, 1.54) is 6.39 Å². The topological polar surface area (TPSA) is 66.7 Å². The first-order valence-corrected chi connectivity index (χ1v) is 8.13. The van der Waals surface area contributed by atoms with Crippen LogP contribution in [0, 0.1) is 12.3 Å². The summed E-state index contributed by atoms with van der Waals surface area (Å²) in [4.78, 5) is 32.2. The van der Waals surface area contributed by atoms with Crippen molar-refractivity contribution in [2.45, 2.75) is 32.6 Å². The van der Waals surface area contributed by atoms with Crippen molar-refractivity contribution in [1.29, 1.82) is 0 Å². The molecule has 2 aliphatic heterocycles. The second-order valence-electron chi connectivity index (χ2n) is 6.61. The van der Waals surface area contributed by atoms with Gasteiger partial charge in [-0.2, -0.15) is 0 Å². The maximum absolute atomic E-state index is 12.5. The number of hydrogen-bond acceptors (Lipinski definition) is 4. The van der Waals surface area contributed by atoms with Gasteiger partial charge < -0.3 is 14.2 Å². The van der Waals surface area contributed by atoms with Gasteiger partial charge in [-0.1, -0.05) is 6.08 Å². The van der Waals surface area contributed by atoms with Crippen LogP contribution in [-0.4, -0.2) is 52.8 Å². The number of carbonyl (C=O) groups is 2. The van der Waals surface area contributed by atoms with Crippen molar-refractivity contribution in [3.05, 3.63) is 30.5 Å². The lowest BCUT2D eigenvalue weighted by atomic mass is 9.72. The molecule has 0 radical (unpaired) electrons. The van der Waals surface area contributed by atoms with Crippen molar-refractivity contribution in [3.8, 4) is 0 Å². The van der Waals surface area contributed by atoms with Crippen LogP contribution in [0.3, 0.4) is 0 Å². The molecule has 3 rings (SSSR count). The van der Waals surface area contributed by atoms with Crippen LogP contribution in [0.1, 0.15) is 41.9 Å². The van der Waals surface area contributed by atoms with Crippen molar-refractivity contribution in [1.82, 2.24) is 14.8 Å². The number of piperidine rings is 2. The third-order valence-corrected chi connectivity index (χ3v) is 5.16. The maximum Gasteiger partial charge on any atom is 0.276 e. The number of aromatic nitrogens is 1. The van der Waals surface area contributed by atoms with E-state index in [1.807, 2.05) is 9.80 Å². The number of oxazole rings is 1. The summed E-state index contributed by atoms with van der Waals surface area (Å²) in [5.74, 6) is 0.726. The van der Waals surface area contributed by atoms with Gasteiger partial charge >= 0.3 is 0 Å². The Morgan fingerprint density at radius 2 is 2.17 bits per heavy atom.